The Morgan fingerprint density at radius 3 is 2.82 bits per heavy atom. The molecule has 150 valence electrons. The van der Waals surface area contributed by atoms with Gasteiger partial charge in [0.15, 0.2) is 0 Å². The number of ether oxygens (including phenoxy) is 1. The number of amides is 1. The lowest BCUT2D eigenvalue weighted by Crippen LogP contribution is -2.45. The van der Waals surface area contributed by atoms with Crippen LogP contribution in [0.4, 0.5) is 4.39 Å². The van der Waals surface area contributed by atoms with Crippen molar-refractivity contribution < 1.29 is 13.9 Å². The Labute approximate surface area is 169 Å². The van der Waals surface area contributed by atoms with Crippen molar-refractivity contribution in [1.29, 1.82) is 0 Å². The summed E-state index contributed by atoms with van der Waals surface area (Å²) in [6.07, 6.45) is 4.52. The van der Waals surface area contributed by atoms with Crippen molar-refractivity contribution in [3.05, 3.63) is 58.0 Å². The summed E-state index contributed by atoms with van der Waals surface area (Å²) in [7, 11) is 0. The first-order chi connectivity index (χ1) is 13.6. The Morgan fingerprint density at radius 1 is 1.25 bits per heavy atom. The first kappa shape index (κ1) is 19.6. The molecule has 6 heteroatoms. The number of piperidine rings is 1. The molecule has 4 nitrogen and oxygen atoms in total. The van der Waals surface area contributed by atoms with Crippen molar-refractivity contribution in [1.82, 2.24) is 10.2 Å². The van der Waals surface area contributed by atoms with E-state index < -0.39 is 0 Å². The second kappa shape index (κ2) is 8.72. The summed E-state index contributed by atoms with van der Waals surface area (Å²) < 4.78 is 20.3. The maximum absolute atomic E-state index is 13.9. The molecule has 4 rings (SSSR count). The quantitative estimate of drug-likeness (QED) is 0.800. The molecule has 0 unspecified atom stereocenters. The van der Waals surface area contributed by atoms with Gasteiger partial charge >= 0.3 is 0 Å². The molecule has 2 aliphatic heterocycles. The summed E-state index contributed by atoms with van der Waals surface area (Å²) >= 11 is 1.61. The van der Waals surface area contributed by atoms with Crippen LogP contribution in [0.2, 0.25) is 0 Å². The summed E-state index contributed by atoms with van der Waals surface area (Å²) in [5.41, 5.74) is 1.76. The SMILES string of the molecule is O=C(Cc1ccsc1)NC[C@@H]1CCC2(CCN(Cc3ccccc3F)CC2)O1. The first-order valence-electron chi connectivity index (χ1n) is 10.0. The minimum Gasteiger partial charge on any atom is -0.370 e. The lowest BCUT2D eigenvalue weighted by atomic mass is 9.88. The van der Waals surface area contributed by atoms with E-state index in [0.717, 1.165) is 49.9 Å². The standard InChI is InChI=1S/C22H27FN2O2S/c23-20-4-2-1-3-18(20)15-25-10-8-22(9-11-25)7-5-19(27-22)14-24-21(26)13-17-6-12-28-16-17/h1-4,6,12,16,19H,5,7-11,13-15H2,(H,24,26)/t19-/m0/s1. The topological polar surface area (TPSA) is 41.6 Å². The Morgan fingerprint density at radius 2 is 2.07 bits per heavy atom. The predicted molar refractivity (Wildman–Crippen MR) is 109 cm³/mol. The van der Waals surface area contributed by atoms with Crippen LogP contribution in [0, 0.1) is 5.82 Å². The molecule has 0 radical (unpaired) electrons. The zero-order chi connectivity index (χ0) is 19.4. The first-order valence-corrected chi connectivity index (χ1v) is 11.0. The third-order valence-electron chi connectivity index (χ3n) is 5.93. The highest BCUT2D eigenvalue weighted by atomic mass is 32.1. The average Bonchev–Trinajstić information content (AvgIpc) is 3.34. The molecule has 1 N–H and O–H groups in total. The van der Waals surface area contributed by atoms with Gasteiger partial charge in [-0.05, 0) is 54.1 Å². The number of rotatable bonds is 6. The number of halogens is 1. The van der Waals surface area contributed by atoms with Crippen LogP contribution < -0.4 is 5.32 Å². The fraction of sp³-hybridized carbons (Fsp3) is 0.500. The molecule has 1 aromatic heterocycles. The molecule has 3 heterocycles. The van der Waals surface area contributed by atoms with Gasteiger partial charge in [0.1, 0.15) is 5.82 Å². The van der Waals surface area contributed by atoms with Gasteiger partial charge in [0.25, 0.3) is 0 Å². The molecule has 2 fully saturated rings. The molecule has 2 saturated heterocycles. The van der Waals surface area contributed by atoms with E-state index in [-0.39, 0.29) is 23.4 Å². The van der Waals surface area contributed by atoms with Gasteiger partial charge in [0.2, 0.25) is 5.91 Å². The van der Waals surface area contributed by atoms with Gasteiger partial charge in [-0.15, -0.1) is 0 Å². The van der Waals surface area contributed by atoms with Crippen molar-refractivity contribution in [2.45, 2.75) is 50.4 Å². The second-order valence-electron chi connectivity index (χ2n) is 7.94. The van der Waals surface area contributed by atoms with E-state index in [1.54, 1.807) is 17.4 Å². The van der Waals surface area contributed by atoms with E-state index in [9.17, 15) is 9.18 Å². The van der Waals surface area contributed by atoms with Gasteiger partial charge in [-0.2, -0.15) is 11.3 Å². The van der Waals surface area contributed by atoms with Gasteiger partial charge in [0.05, 0.1) is 18.1 Å². The van der Waals surface area contributed by atoms with Gasteiger partial charge in [-0.25, -0.2) is 4.39 Å². The maximum Gasteiger partial charge on any atom is 0.224 e. The van der Waals surface area contributed by atoms with Crippen molar-refractivity contribution in [2.24, 2.45) is 0 Å². The molecule has 0 bridgehead atoms. The maximum atomic E-state index is 13.9. The number of likely N-dealkylation sites (tertiary alicyclic amines) is 1. The summed E-state index contributed by atoms with van der Waals surface area (Å²) in [5.74, 6) is -0.0687. The number of carbonyl (C=O) groups excluding carboxylic acids is 1. The zero-order valence-corrected chi connectivity index (χ0v) is 16.8. The molecule has 1 aromatic carbocycles. The number of thiophene rings is 1. The van der Waals surface area contributed by atoms with E-state index in [2.05, 4.69) is 10.2 Å². The highest BCUT2D eigenvalue weighted by Crippen LogP contribution is 2.39. The predicted octanol–water partition coefficient (Wildman–Crippen LogP) is 3.76. The van der Waals surface area contributed by atoms with Crippen molar-refractivity contribution >= 4 is 17.2 Å². The molecule has 0 aliphatic carbocycles. The van der Waals surface area contributed by atoms with Crippen LogP contribution in [0.1, 0.15) is 36.8 Å². The van der Waals surface area contributed by atoms with Crippen LogP contribution >= 0.6 is 11.3 Å². The fourth-order valence-electron chi connectivity index (χ4n) is 4.26. The summed E-state index contributed by atoms with van der Waals surface area (Å²) in [5, 5.41) is 7.02. The summed E-state index contributed by atoms with van der Waals surface area (Å²) in [4.78, 5) is 14.4. The Kier molecular flexibility index (Phi) is 6.09. The van der Waals surface area contributed by atoms with Crippen LogP contribution in [0.3, 0.4) is 0 Å². The minimum absolute atomic E-state index is 0.0580. The molecule has 1 spiro atoms. The Bertz CT molecular complexity index is 788. The van der Waals surface area contributed by atoms with E-state index in [0.29, 0.717) is 19.5 Å². The Balaban J connectivity index is 1.21. The van der Waals surface area contributed by atoms with Gasteiger partial charge in [-0.3, -0.25) is 9.69 Å². The monoisotopic (exact) mass is 402 g/mol. The lowest BCUT2D eigenvalue weighted by molar-refractivity contribution is -0.122. The van der Waals surface area contributed by atoms with E-state index in [1.165, 1.54) is 6.07 Å². The molecule has 1 amide bonds. The number of benzene rings is 1. The van der Waals surface area contributed by atoms with Gasteiger partial charge in [0, 0.05) is 31.7 Å². The summed E-state index contributed by atoms with van der Waals surface area (Å²) in [6.45, 7) is 3.09. The van der Waals surface area contributed by atoms with Crippen LogP contribution in [0.15, 0.2) is 41.1 Å². The van der Waals surface area contributed by atoms with E-state index in [4.69, 9.17) is 4.74 Å². The molecule has 2 aliphatic rings. The lowest BCUT2D eigenvalue weighted by Gasteiger charge is -2.39. The van der Waals surface area contributed by atoms with Crippen molar-refractivity contribution in [3.63, 3.8) is 0 Å². The highest BCUT2D eigenvalue weighted by Gasteiger charge is 2.42. The highest BCUT2D eigenvalue weighted by molar-refractivity contribution is 7.08. The molecule has 2 aromatic rings. The smallest absolute Gasteiger partial charge is 0.224 e. The normalized spacial score (nSPS) is 21.8. The molecule has 1 atom stereocenters. The van der Waals surface area contributed by atoms with Crippen molar-refractivity contribution in [3.8, 4) is 0 Å². The molecular weight excluding hydrogens is 375 g/mol. The number of nitrogens with zero attached hydrogens (tertiary/aromatic N) is 1. The van der Waals surface area contributed by atoms with Crippen LogP contribution in [-0.4, -0.2) is 42.1 Å². The third-order valence-corrected chi connectivity index (χ3v) is 6.66. The molecular formula is C22H27FN2O2S. The zero-order valence-electron chi connectivity index (χ0n) is 16.0. The second-order valence-corrected chi connectivity index (χ2v) is 8.72. The molecule has 0 saturated carbocycles. The van der Waals surface area contributed by atoms with Crippen molar-refractivity contribution in [2.75, 3.05) is 19.6 Å². The van der Waals surface area contributed by atoms with Crippen LogP contribution in [0.25, 0.3) is 0 Å². The molecule has 28 heavy (non-hydrogen) atoms. The van der Waals surface area contributed by atoms with Crippen LogP contribution in [0.5, 0.6) is 0 Å². The Hall–Kier alpha value is -1.76. The minimum atomic E-state index is -0.127. The average molecular weight is 403 g/mol. The number of carbonyl (C=O) groups is 1. The van der Waals surface area contributed by atoms with Gasteiger partial charge < -0.3 is 10.1 Å². The third kappa shape index (κ3) is 4.80. The number of hydrogen-bond donors (Lipinski definition) is 1. The number of hydrogen-bond acceptors (Lipinski definition) is 4. The van der Waals surface area contributed by atoms with E-state index in [1.807, 2.05) is 29.0 Å². The van der Waals surface area contributed by atoms with E-state index >= 15 is 0 Å². The number of nitrogens with one attached hydrogen (secondary N) is 1. The summed E-state index contributed by atoms with van der Waals surface area (Å²) in [6, 6.07) is 9.00. The van der Waals surface area contributed by atoms with Gasteiger partial charge in [-0.1, -0.05) is 18.2 Å². The largest absolute Gasteiger partial charge is 0.370 e. The van der Waals surface area contributed by atoms with Crippen LogP contribution in [-0.2, 0) is 22.5 Å². The fourth-order valence-corrected chi connectivity index (χ4v) is 4.93.